The second-order valence-electron chi connectivity index (χ2n) is 5.20. The zero-order valence-electron chi connectivity index (χ0n) is 13.5. The molecule has 0 radical (unpaired) electrons. The normalized spacial score (nSPS) is 11.2. The number of carbonyl (C=O) groups excluding carboxylic acids is 1. The molecular weight excluding hydrogens is 397 g/mol. The number of esters is 1. The van der Waals surface area contributed by atoms with Crippen LogP contribution in [0.15, 0.2) is 30.3 Å². The van der Waals surface area contributed by atoms with Crippen LogP contribution in [0, 0.1) is 22.7 Å². The van der Waals surface area contributed by atoms with Crippen LogP contribution in [0.5, 0.6) is 0 Å². The van der Waals surface area contributed by atoms with Crippen molar-refractivity contribution < 1.29 is 9.53 Å². The average molecular weight is 409 g/mol. The number of nitriles is 2. The smallest absolute Gasteiger partial charge is 0.328 e. The Morgan fingerprint density at radius 2 is 1.69 bits per heavy atom. The minimum atomic E-state index is -0.841. The Morgan fingerprint density at radius 3 is 2.23 bits per heavy atom. The van der Waals surface area contributed by atoms with E-state index in [1.807, 2.05) is 42.5 Å². The number of nitrogens with one attached hydrogen (secondary N) is 1. The van der Waals surface area contributed by atoms with Gasteiger partial charge in [-0.1, -0.05) is 65.1 Å². The minimum absolute atomic E-state index is 0.0638. The third-order valence-corrected chi connectivity index (χ3v) is 4.86. The molecule has 0 aliphatic rings. The lowest BCUT2D eigenvalue weighted by atomic mass is 10.0. The lowest BCUT2D eigenvalue weighted by molar-refractivity contribution is -0.141. The molecule has 2 rings (SSSR count). The predicted molar refractivity (Wildman–Crippen MR) is 100 cm³/mol. The Morgan fingerprint density at radius 1 is 1.08 bits per heavy atom. The van der Waals surface area contributed by atoms with Crippen LogP contribution in [0.1, 0.15) is 16.7 Å². The first-order valence-electron chi connectivity index (χ1n) is 7.33. The maximum absolute atomic E-state index is 12.2. The van der Waals surface area contributed by atoms with Crippen molar-refractivity contribution in [2.75, 3.05) is 12.4 Å². The van der Waals surface area contributed by atoms with Gasteiger partial charge in [-0.15, -0.1) is 0 Å². The third kappa shape index (κ3) is 4.03. The van der Waals surface area contributed by atoms with Crippen molar-refractivity contribution >= 4 is 46.5 Å². The molecule has 5 nitrogen and oxygen atoms in total. The summed E-state index contributed by atoms with van der Waals surface area (Å²) in [6, 6.07) is 12.1. The van der Waals surface area contributed by atoms with Gasteiger partial charge >= 0.3 is 5.97 Å². The fourth-order valence-electron chi connectivity index (χ4n) is 2.36. The molecular formula is C18H12Cl3N3O2. The van der Waals surface area contributed by atoms with Crippen LogP contribution in [0.3, 0.4) is 0 Å². The molecule has 26 heavy (non-hydrogen) atoms. The number of carbonyl (C=O) groups is 1. The zero-order chi connectivity index (χ0) is 19.3. The molecule has 0 fully saturated rings. The predicted octanol–water partition coefficient (Wildman–Crippen LogP) is 4.59. The summed E-state index contributed by atoms with van der Waals surface area (Å²) in [4.78, 5) is 12.2. The van der Waals surface area contributed by atoms with E-state index in [2.05, 4.69) is 5.32 Å². The molecule has 8 heteroatoms. The van der Waals surface area contributed by atoms with E-state index in [0.717, 1.165) is 5.56 Å². The monoisotopic (exact) mass is 407 g/mol. The fraction of sp³-hybridized carbons (Fsp3) is 0.167. The zero-order valence-corrected chi connectivity index (χ0v) is 15.8. The van der Waals surface area contributed by atoms with Gasteiger partial charge in [0, 0.05) is 6.42 Å². The van der Waals surface area contributed by atoms with E-state index < -0.39 is 12.0 Å². The van der Waals surface area contributed by atoms with E-state index >= 15 is 0 Å². The molecule has 0 aliphatic carbocycles. The molecule has 0 unspecified atom stereocenters. The lowest BCUT2D eigenvalue weighted by Crippen LogP contribution is -2.33. The number of hydrogen-bond donors (Lipinski definition) is 1. The van der Waals surface area contributed by atoms with Crippen molar-refractivity contribution in [3.05, 3.63) is 62.1 Å². The summed E-state index contributed by atoms with van der Waals surface area (Å²) in [5.74, 6) is -0.551. The number of methoxy groups -OCH3 is 1. The number of hydrogen-bond acceptors (Lipinski definition) is 5. The molecule has 1 atom stereocenters. The summed E-state index contributed by atoms with van der Waals surface area (Å²) >= 11 is 18.4. The summed E-state index contributed by atoms with van der Waals surface area (Å²) in [6.45, 7) is 0. The number of rotatable bonds is 5. The van der Waals surface area contributed by atoms with Crippen molar-refractivity contribution in [3.63, 3.8) is 0 Å². The van der Waals surface area contributed by atoms with E-state index in [-0.39, 0.29) is 38.3 Å². The topological polar surface area (TPSA) is 85.9 Å². The fourth-order valence-corrected chi connectivity index (χ4v) is 3.16. The second kappa shape index (κ2) is 8.78. The number of anilines is 1. The highest BCUT2D eigenvalue weighted by Gasteiger charge is 2.26. The maximum Gasteiger partial charge on any atom is 0.328 e. The lowest BCUT2D eigenvalue weighted by Gasteiger charge is -2.21. The largest absolute Gasteiger partial charge is 0.467 e. The molecule has 0 spiro atoms. The van der Waals surface area contributed by atoms with Crippen LogP contribution < -0.4 is 5.32 Å². The Balaban J connectivity index is 2.50. The number of ether oxygens (including phenoxy) is 1. The summed E-state index contributed by atoms with van der Waals surface area (Å²) in [5, 5.41) is 21.2. The molecule has 132 valence electrons. The molecule has 0 saturated carbocycles. The van der Waals surface area contributed by atoms with E-state index in [1.165, 1.54) is 7.11 Å². The third-order valence-electron chi connectivity index (χ3n) is 3.63. The van der Waals surface area contributed by atoms with Crippen LogP contribution in [0.25, 0.3) is 0 Å². The Hall–Kier alpha value is -2.44. The summed E-state index contributed by atoms with van der Waals surface area (Å²) < 4.78 is 4.83. The molecule has 0 aliphatic heterocycles. The molecule has 2 aromatic carbocycles. The first-order valence-corrected chi connectivity index (χ1v) is 8.46. The van der Waals surface area contributed by atoms with Gasteiger partial charge in [0.25, 0.3) is 0 Å². The van der Waals surface area contributed by atoms with Crippen LogP contribution in [-0.4, -0.2) is 19.1 Å². The highest BCUT2D eigenvalue weighted by atomic mass is 35.5. The van der Waals surface area contributed by atoms with Gasteiger partial charge in [0.1, 0.15) is 18.2 Å². The standard InChI is InChI=1S/C18H12Cl3N3O2/c1-26-18(25)13(7-10-5-3-2-4-6-10)24-17-12(9-23)14(19)11(8-22)15(20)16(17)21/h2-6,13,24H,7H2,1H3/t13-/m1/s1. The van der Waals surface area contributed by atoms with Gasteiger partial charge in [-0.2, -0.15) is 10.5 Å². The van der Waals surface area contributed by atoms with Gasteiger partial charge in [-0.3, -0.25) is 0 Å². The van der Waals surface area contributed by atoms with Crippen molar-refractivity contribution in [3.8, 4) is 12.1 Å². The number of benzene rings is 2. The minimum Gasteiger partial charge on any atom is -0.467 e. The van der Waals surface area contributed by atoms with E-state index in [4.69, 9.17) is 44.8 Å². The van der Waals surface area contributed by atoms with Crippen LogP contribution in [-0.2, 0) is 16.0 Å². The van der Waals surface area contributed by atoms with Crippen LogP contribution >= 0.6 is 34.8 Å². The van der Waals surface area contributed by atoms with Crippen molar-refractivity contribution in [2.45, 2.75) is 12.5 Å². The van der Waals surface area contributed by atoms with E-state index in [0.29, 0.717) is 0 Å². The maximum atomic E-state index is 12.2. The van der Waals surface area contributed by atoms with Gasteiger partial charge in [0.05, 0.1) is 39.0 Å². The Kier molecular flexibility index (Phi) is 6.71. The summed E-state index contributed by atoms with van der Waals surface area (Å²) in [6.07, 6.45) is 0.282. The molecule has 2 aromatic rings. The van der Waals surface area contributed by atoms with Gasteiger partial charge in [-0.25, -0.2) is 4.79 Å². The van der Waals surface area contributed by atoms with Gasteiger partial charge in [0.15, 0.2) is 0 Å². The van der Waals surface area contributed by atoms with E-state index in [1.54, 1.807) is 0 Å². The first-order chi connectivity index (χ1) is 12.4. The molecule has 0 bridgehead atoms. The van der Waals surface area contributed by atoms with Crippen LogP contribution in [0.2, 0.25) is 15.1 Å². The second-order valence-corrected chi connectivity index (χ2v) is 6.33. The Bertz CT molecular complexity index is 918. The molecule has 0 heterocycles. The van der Waals surface area contributed by atoms with Gasteiger partial charge in [0.2, 0.25) is 0 Å². The number of nitrogens with zero attached hydrogens (tertiary/aromatic N) is 2. The highest BCUT2D eigenvalue weighted by Crippen LogP contribution is 2.41. The highest BCUT2D eigenvalue weighted by molar-refractivity contribution is 6.46. The average Bonchev–Trinajstić information content (AvgIpc) is 2.66. The van der Waals surface area contributed by atoms with Crippen molar-refractivity contribution in [2.24, 2.45) is 0 Å². The molecule has 0 aromatic heterocycles. The van der Waals surface area contributed by atoms with E-state index in [9.17, 15) is 10.1 Å². The van der Waals surface area contributed by atoms with Gasteiger partial charge in [-0.05, 0) is 5.56 Å². The Labute approximate surface area is 165 Å². The summed E-state index contributed by atoms with van der Waals surface area (Å²) in [5.41, 5.74) is 0.781. The molecule has 0 saturated heterocycles. The number of halogens is 3. The van der Waals surface area contributed by atoms with Crippen molar-refractivity contribution in [1.82, 2.24) is 0 Å². The quantitative estimate of drug-likeness (QED) is 0.578. The van der Waals surface area contributed by atoms with Crippen molar-refractivity contribution in [1.29, 1.82) is 10.5 Å². The SMILES string of the molecule is COC(=O)[C@@H](Cc1ccccc1)Nc1c(Cl)c(Cl)c(C#N)c(Cl)c1C#N. The van der Waals surface area contributed by atoms with Crippen LogP contribution in [0.4, 0.5) is 5.69 Å². The molecule has 0 amide bonds. The summed E-state index contributed by atoms with van der Waals surface area (Å²) in [7, 11) is 1.26. The molecule has 1 N–H and O–H groups in total. The van der Waals surface area contributed by atoms with Gasteiger partial charge < -0.3 is 10.1 Å². The first kappa shape index (κ1) is 19.9.